The van der Waals surface area contributed by atoms with Gasteiger partial charge in [-0.15, -0.1) is 12.3 Å². The van der Waals surface area contributed by atoms with Crippen LogP contribution in [0.15, 0.2) is 0 Å². The van der Waals surface area contributed by atoms with E-state index in [1.807, 2.05) is 0 Å². The van der Waals surface area contributed by atoms with Gasteiger partial charge >= 0.3 is 12.1 Å². The van der Waals surface area contributed by atoms with E-state index >= 15 is 0 Å². The van der Waals surface area contributed by atoms with Crippen molar-refractivity contribution < 1.29 is 24.2 Å². The normalized spacial score (nSPS) is 12.0. The molecule has 0 aromatic rings. The number of carboxylic acids is 1. The van der Waals surface area contributed by atoms with Crippen molar-refractivity contribution in [3.05, 3.63) is 0 Å². The molecule has 0 aliphatic heterocycles. The molecule has 0 fully saturated rings. The predicted octanol–water partition coefficient (Wildman–Crippen LogP) is 1.23. The van der Waals surface area contributed by atoms with Gasteiger partial charge in [0, 0.05) is 25.9 Å². The summed E-state index contributed by atoms with van der Waals surface area (Å²) < 4.78 is 5.06. The number of terminal acetylenes is 1. The fourth-order valence-electron chi connectivity index (χ4n) is 1.58. The van der Waals surface area contributed by atoms with Crippen molar-refractivity contribution in [2.24, 2.45) is 0 Å². The van der Waals surface area contributed by atoms with E-state index < -0.39 is 23.7 Å². The number of aliphatic carboxylic acids is 1. The largest absolute Gasteiger partial charge is 0.480 e. The summed E-state index contributed by atoms with van der Waals surface area (Å²) in [6.07, 6.45) is 4.79. The smallest absolute Gasteiger partial charge is 0.407 e. The van der Waals surface area contributed by atoms with E-state index in [1.165, 1.54) is 11.8 Å². The van der Waals surface area contributed by atoms with Gasteiger partial charge in [0.2, 0.25) is 5.91 Å². The molecule has 0 radical (unpaired) electrons. The Hall–Kier alpha value is -2.23. The summed E-state index contributed by atoms with van der Waals surface area (Å²) in [4.78, 5) is 35.7. The first kappa shape index (κ1) is 19.8. The maximum absolute atomic E-state index is 12.0. The van der Waals surface area contributed by atoms with Crippen molar-refractivity contribution in [3.63, 3.8) is 0 Å². The van der Waals surface area contributed by atoms with Crippen LogP contribution in [-0.4, -0.2) is 52.7 Å². The Kier molecular flexibility index (Phi) is 8.02. The number of carboxylic acid groups (broad SMARTS) is 1. The molecule has 0 rings (SSSR count). The number of hydrogen-bond donors (Lipinski definition) is 2. The van der Waals surface area contributed by atoms with E-state index in [1.54, 1.807) is 20.8 Å². The van der Waals surface area contributed by atoms with Crippen LogP contribution in [0.4, 0.5) is 4.79 Å². The van der Waals surface area contributed by atoms with Crippen molar-refractivity contribution in [1.29, 1.82) is 0 Å². The molecule has 7 heteroatoms. The molecule has 0 aliphatic carbocycles. The quantitative estimate of drug-likeness (QED) is 0.689. The molecule has 2 N–H and O–H groups in total. The number of nitrogens with one attached hydrogen (secondary N) is 1. The van der Waals surface area contributed by atoms with E-state index in [2.05, 4.69) is 11.2 Å². The van der Waals surface area contributed by atoms with Gasteiger partial charge in [-0.1, -0.05) is 0 Å². The second-order valence-electron chi connectivity index (χ2n) is 5.73. The molecular weight excluding hydrogens is 288 g/mol. The van der Waals surface area contributed by atoms with Crippen LogP contribution < -0.4 is 5.32 Å². The Morgan fingerprint density at radius 1 is 1.36 bits per heavy atom. The number of amides is 2. The molecule has 0 saturated heterocycles. The summed E-state index contributed by atoms with van der Waals surface area (Å²) in [5, 5.41) is 11.5. The van der Waals surface area contributed by atoms with Crippen LogP contribution in [0.25, 0.3) is 0 Å². The average molecular weight is 312 g/mol. The number of hydrogen-bond acceptors (Lipinski definition) is 4. The van der Waals surface area contributed by atoms with Gasteiger partial charge in [0.25, 0.3) is 0 Å². The second-order valence-corrected chi connectivity index (χ2v) is 5.73. The molecule has 0 heterocycles. The van der Waals surface area contributed by atoms with Crippen molar-refractivity contribution in [2.75, 3.05) is 13.1 Å². The van der Waals surface area contributed by atoms with Crippen LogP contribution in [0.5, 0.6) is 0 Å². The zero-order chi connectivity index (χ0) is 17.3. The monoisotopic (exact) mass is 312 g/mol. The molecule has 0 spiro atoms. The van der Waals surface area contributed by atoms with Gasteiger partial charge in [-0.05, 0) is 27.7 Å². The van der Waals surface area contributed by atoms with Crippen LogP contribution in [0.2, 0.25) is 0 Å². The topological polar surface area (TPSA) is 95.9 Å². The molecule has 0 aliphatic rings. The van der Waals surface area contributed by atoms with Gasteiger partial charge in [-0.2, -0.15) is 0 Å². The van der Waals surface area contributed by atoms with Crippen LogP contribution in [0.3, 0.4) is 0 Å². The number of carbonyl (C=O) groups is 3. The Morgan fingerprint density at radius 2 is 1.95 bits per heavy atom. The number of ether oxygens (including phenoxy) is 1. The minimum atomic E-state index is -1.12. The van der Waals surface area contributed by atoms with E-state index in [9.17, 15) is 14.4 Å². The Morgan fingerprint density at radius 3 is 2.41 bits per heavy atom. The first-order valence-corrected chi connectivity index (χ1v) is 7.01. The van der Waals surface area contributed by atoms with Crippen LogP contribution in [0.1, 0.15) is 40.5 Å². The molecule has 2 amide bonds. The van der Waals surface area contributed by atoms with Crippen molar-refractivity contribution in [1.82, 2.24) is 10.2 Å². The maximum Gasteiger partial charge on any atom is 0.407 e. The summed E-state index contributed by atoms with van der Waals surface area (Å²) in [6, 6.07) is -0.995. The molecule has 0 aromatic heterocycles. The summed E-state index contributed by atoms with van der Waals surface area (Å²) in [7, 11) is 0. The molecular formula is C15H24N2O5. The number of nitrogens with zero attached hydrogens (tertiary/aromatic N) is 1. The molecule has 124 valence electrons. The van der Waals surface area contributed by atoms with Crippen LogP contribution in [0, 0.1) is 12.3 Å². The first-order valence-electron chi connectivity index (χ1n) is 7.01. The van der Waals surface area contributed by atoms with Gasteiger partial charge < -0.3 is 20.1 Å². The van der Waals surface area contributed by atoms with Crippen LogP contribution in [-0.2, 0) is 14.3 Å². The summed E-state index contributed by atoms with van der Waals surface area (Å²) >= 11 is 0. The summed E-state index contributed by atoms with van der Waals surface area (Å²) in [5.41, 5.74) is -0.624. The Bertz CT molecular complexity index is 448. The molecule has 0 unspecified atom stereocenters. The molecule has 0 bridgehead atoms. The van der Waals surface area contributed by atoms with E-state index in [4.69, 9.17) is 16.3 Å². The molecule has 1 atom stereocenters. The van der Waals surface area contributed by atoms with E-state index in [0.29, 0.717) is 0 Å². The van der Waals surface area contributed by atoms with E-state index in [-0.39, 0.29) is 31.8 Å². The summed E-state index contributed by atoms with van der Waals surface area (Å²) in [5.74, 6) is 0.856. The lowest BCUT2D eigenvalue weighted by atomic mass is 10.2. The van der Waals surface area contributed by atoms with Gasteiger partial charge in [-0.25, -0.2) is 9.59 Å². The van der Waals surface area contributed by atoms with Gasteiger partial charge in [0.15, 0.2) is 0 Å². The highest BCUT2D eigenvalue weighted by molar-refractivity contribution is 5.83. The van der Waals surface area contributed by atoms with E-state index in [0.717, 1.165) is 0 Å². The highest BCUT2D eigenvalue weighted by Crippen LogP contribution is 2.07. The zero-order valence-corrected chi connectivity index (χ0v) is 13.5. The third-order valence-electron chi connectivity index (χ3n) is 2.65. The molecule has 0 saturated carbocycles. The van der Waals surface area contributed by atoms with Gasteiger partial charge in [-0.3, -0.25) is 4.79 Å². The Labute approximate surface area is 131 Å². The highest BCUT2D eigenvalue weighted by Gasteiger charge is 2.25. The predicted molar refractivity (Wildman–Crippen MR) is 81.1 cm³/mol. The van der Waals surface area contributed by atoms with Crippen LogP contribution >= 0.6 is 0 Å². The molecule has 7 nitrogen and oxygen atoms in total. The zero-order valence-electron chi connectivity index (χ0n) is 13.5. The highest BCUT2D eigenvalue weighted by atomic mass is 16.6. The molecule has 0 aromatic carbocycles. The minimum Gasteiger partial charge on any atom is -0.480 e. The van der Waals surface area contributed by atoms with Crippen molar-refractivity contribution in [3.8, 4) is 12.3 Å². The second kappa shape index (κ2) is 8.93. The number of alkyl carbamates (subject to hydrolysis) is 1. The molecule has 22 heavy (non-hydrogen) atoms. The number of carbonyl (C=O) groups excluding carboxylic acids is 2. The fraction of sp³-hybridized carbons (Fsp3) is 0.667. The minimum absolute atomic E-state index is 0.0656. The lowest BCUT2D eigenvalue weighted by molar-refractivity contribution is -0.149. The summed E-state index contributed by atoms with van der Waals surface area (Å²) in [6.45, 7) is 6.76. The fourth-order valence-corrected chi connectivity index (χ4v) is 1.58. The van der Waals surface area contributed by atoms with Gasteiger partial charge in [0.05, 0.1) is 0 Å². The van der Waals surface area contributed by atoms with Crippen molar-refractivity contribution in [2.45, 2.75) is 52.2 Å². The van der Waals surface area contributed by atoms with Crippen molar-refractivity contribution >= 4 is 18.0 Å². The SMILES string of the molecule is C#CCCC(=O)N(CCNC(=O)OC(C)(C)C)[C@@H](C)C(=O)O. The Balaban J connectivity index is 4.54. The lowest BCUT2D eigenvalue weighted by Crippen LogP contribution is -2.47. The third-order valence-corrected chi connectivity index (χ3v) is 2.65. The first-order chi connectivity index (χ1) is 10.1. The standard InChI is InChI=1S/C15H24N2O5/c1-6-7-8-12(18)17(11(2)13(19)20)10-9-16-14(21)22-15(3,4)5/h1,11H,7-10H2,2-5H3,(H,16,21)(H,19,20)/t11-/m0/s1. The average Bonchev–Trinajstić information content (AvgIpc) is 2.38. The number of rotatable bonds is 7. The third kappa shape index (κ3) is 8.15. The lowest BCUT2D eigenvalue weighted by Gasteiger charge is -2.27. The van der Waals surface area contributed by atoms with Gasteiger partial charge in [0.1, 0.15) is 11.6 Å². The maximum atomic E-state index is 12.0.